The maximum Gasteiger partial charge on any atom is 0.229 e. The molecular formula is C12H18ClN3OS. The number of likely N-dealkylation sites (N-methyl/N-ethyl adjacent to an activating group) is 1. The lowest BCUT2D eigenvalue weighted by Gasteiger charge is -2.20. The molecule has 0 N–H and O–H groups in total. The molecule has 100 valence electrons. The number of aromatic nitrogens is 1. The molecule has 1 aliphatic heterocycles. The predicted octanol–water partition coefficient (Wildman–Crippen LogP) is 1.59. The van der Waals surface area contributed by atoms with Crippen molar-refractivity contribution in [3.8, 4) is 0 Å². The second kappa shape index (κ2) is 5.99. The van der Waals surface area contributed by atoms with Gasteiger partial charge in [-0.3, -0.25) is 4.79 Å². The topological polar surface area (TPSA) is 36.4 Å². The minimum absolute atomic E-state index is 0.176. The minimum Gasteiger partial charge on any atom is -0.341 e. The third-order valence-corrected chi connectivity index (χ3v) is 4.46. The molecule has 0 saturated carbocycles. The normalized spacial score (nSPS) is 19.8. The highest BCUT2D eigenvalue weighted by atomic mass is 35.5. The molecule has 0 aliphatic carbocycles. The smallest absolute Gasteiger partial charge is 0.229 e. The Morgan fingerprint density at radius 2 is 2.44 bits per heavy atom. The van der Waals surface area contributed by atoms with Gasteiger partial charge in [0.15, 0.2) is 0 Å². The van der Waals surface area contributed by atoms with Gasteiger partial charge in [-0.1, -0.05) is 0 Å². The van der Waals surface area contributed by atoms with Crippen LogP contribution in [-0.4, -0.2) is 53.9 Å². The van der Waals surface area contributed by atoms with Crippen molar-refractivity contribution in [2.24, 2.45) is 0 Å². The third-order valence-electron chi connectivity index (χ3n) is 3.29. The Balaban J connectivity index is 1.89. The summed E-state index contributed by atoms with van der Waals surface area (Å²) in [6.45, 7) is 1.69. The van der Waals surface area contributed by atoms with Crippen molar-refractivity contribution in [3.05, 3.63) is 16.1 Å². The van der Waals surface area contributed by atoms with E-state index in [4.69, 9.17) is 11.6 Å². The van der Waals surface area contributed by atoms with Gasteiger partial charge in [-0.2, -0.15) is 0 Å². The molecule has 1 saturated heterocycles. The van der Waals surface area contributed by atoms with Gasteiger partial charge in [-0.15, -0.1) is 22.9 Å². The van der Waals surface area contributed by atoms with Crippen molar-refractivity contribution in [1.29, 1.82) is 0 Å². The number of hydrogen-bond donors (Lipinski definition) is 0. The molecule has 1 aromatic rings. The summed E-state index contributed by atoms with van der Waals surface area (Å²) in [5.74, 6) is 0.590. The van der Waals surface area contributed by atoms with Crippen molar-refractivity contribution in [2.45, 2.75) is 24.8 Å². The Bertz CT molecular complexity index is 421. The number of likely N-dealkylation sites (tertiary alicyclic amines) is 1. The van der Waals surface area contributed by atoms with Gasteiger partial charge in [0.25, 0.3) is 0 Å². The van der Waals surface area contributed by atoms with Crippen molar-refractivity contribution >= 4 is 28.8 Å². The van der Waals surface area contributed by atoms with Crippen LogP contribution in [0.1, 0.15) is 17.1 Å². The fourth-order valence-electron chi connectivity index (χ4n) is 2.12. The van der Waals surface area contributed by atoms with Crippen molar-refractivity contribution in [3.63, 3.8) is 0 Å². The Labute approximate surface area is 117 Å². The molecular weight excluding hydrogens is 270 g/mol. The summed E-state index contributed by atoms with van der Waals surface area (Å²) in [7, 11) is 4.12. The van der Waals surface area contributed by atoms with Gasteiger partial charge in [0, 0.05) is 24.5 Å². The molecule has 0 aromatic carbocycles. The number of amides is 1. The molecule has 1 amide bonds. The zero-order valence-corrected chi connectivity index (χ0v) is 12.3. The van der Waals surface area contributed by atoms with Crippen LogP contribution in [0.4, 0.5) is 0 Å². The molecule has 1 aromatic heterocycles. The molecule has 1 unspecified atom stereocenters. The van der Waals surface area contributed by atoms with Gasteiger partial charge in [0.1, 0.15) is 5.01 Å². The monoisotopic (exact) mass is 287 g/mol. The summed E-state index contributed by atoms with van der Waals surface area (Å²) in [6, 6.07) is 0.489. The maximum absolute atomic E-state index is 12.1. The zero-order chi connectivity index (χ0) is 13.1. The molecule has 0 radical (unpaired) electrons. The van der Waals surface area contributed by atoms with E-state index >= 15 is 0 Å². The Morgan fingerprint density at radius 1 is 1.67 bits per heavy atom. The van der Waals surface area contributed by atoms with Crippen molar-refractivity contribution in [1.82, 2.24) is 14.8 Å². The number of carbonyl (C=O) groups excluding carboxylic acids is 1. The molecule has 6 heteroatoms. The van der Waals surface area contributed by atoms with Crippen LogP contribution < -0.4 is 0 Å². The number of carbonyl (C=O) groups is 1. The van der Waals surface area contributed by atoms with Crippen LogP contribution in [0.2, 0.25) is 0 Å². The highest BCUT2D eigenvalue weighted by Gasteiger charge is 2.27. The standard InChI is InChI=1S/C12H18ClN3OS/c1-15(2)10-3-4-16(7-10)12(17)5-11-14-9(6-13)8-18-11/h8,10H,3-7H2,1-2H3. The summed E-state index contributed by atoms with van der Waals surface area (Å²) in [4.78, 5) is 20.6. The van der Waals surface area contributed by atoms with Crippen LogP contribution in [0.5, 0.6) is 0 Å². The molecule has 1 aliphatic rings. The molecule has 0 spiro atoms. The molecule has 2 rings (SSSR count). The van der Waals surface area contributed by atoms with Gasteiger partial charge in [-0.25, -0.2) is 4.98 Å². The fraction of sp³-hybridized carbons (Fsp3) is 0.667. The first-order chi connectivity index (χ1) is 8.60. The Kier molecular flexibility index (Phi) is 4.59. The van der Waals surface area contributed by atoms with Crippen LogP contribution >= 0.6 is 22.9 Å². The zero-order valence-electron chi connectivity index (χ0n) is 10.7. The van der Waals surface area contributed by atoms with Crippen molar-refractivity contribution in [2.75, 3.05) is 27.2 Å². The molecule has 2 heterocycles. The Hall–Kier alpha value is -0.650. The van der Waals surface area contributed by atoms with Crippen molar-refractivity contribution < 1.29 is 4.79 Å². The lowest BCUT2D eigenvalue weighted by molar-refractivity contribution is -0.129. The average Bonchev–Trinajstić information content (AvgIpc) is 2.97. The summed E-state index contributed by atoms with van der Waals surface area (Å²) in [5.41, 5.74) is 0.858. The number of alkyl halides is 1. The van der Waals surface area contributed by atoms with Gasteiger partial charge in [-0.05, 0) is 20.5 Å². The lowest BCUT2D eigenvalue weighted by atomic mass is 10.2. The second-order valence-electron chi connectivity index (χ2n) is 4.79. The van der Waals surface area contributed by atoms with Crippen LogP contribution in [0.25, 0.3) is 0 Å². The van der Waals surface area contributed by atoms with E-state index in [1.165, 1.54) is 11.3 Å². The molecule has 0 bridgehead atoms. The summed E-state index contributed by atoms with van der Waals surface area (Å²) in [5, 5.41) is 2.78. The molecule has 18 heavy (non-hydrogen) atoms. The summed E-state index contributed by atoms with van der Waals surface area (Å²) in [6.07, 6.45) is 1.46. The molecule has 4 nitrogen and oxygen atoms in total. The highest BCUT2D eigenvalue weighted by molar-refractivity contribution is 7.09. The number of rotatable bonds is 4. The van der Waals surface area contributed by atoms with Crippen LogP contribution in [0.3, 0.4) is 0 Å². The van der Waals surface area contributed by atoms with E-state index in [2.05, 4.69) is 24.0 Å². The minimum atomic E-state index is 0.176. The van der Waals surface area contributed by atoms with E-state index in [0.717, 1.165) is 30.2 Å². The van der Waals surface area contributed by atoms with E-state index in [1.54, 1.807) is 0 Å². The van der Waals surface area contributed by atoms with Gasteiger partial charge in [0.2, 0.25) is 5.91 Å². The van der Waals surface area contributed by atoms with Crippen LogP contribution in [-0.2, 0) is 17.1 Å². The number of halogens is 1. The fourth-order valence-corrected chi connectivity index (χ4v) is 3.14. The summed E-state index contributed by atoms with van der Waals surface area (Å²) < 4.78 is 0. The van der Waals surface area contributed by atoms with Gasteiger partial charge in [0.05, 0.1) is 18.0 Å². The predicted molar refractivity (Wildman–Crippen MR) is 74.0 cm³/mol. The lowest BCUT2D eigenvalue weighted by Crippen LogP contribution is -2.35. The SMILES string of the molecule is CN(C)C1CCN(C(=O)Cc2nc(CCl)cs2)C1. The average molecular weight is 288 g/mol. The second-order valence-corrected chi connectivity index (χ2v) is 6.00. The summed E-state index contributed by atoms with van der Waals surface area (Å²) >= 11 is 7.22. The highest BCUT2D eigenvalue weighted by Crippen LogP contribution is 2.17. The first kappa shape index (κ1) is 13.8. The van der Waals surface area contributed by atoms with E-state index in [-0.39, 0.29) is 5.91 Å². The first-order valence-electron chi connectivity index (χ1n) is 6.03. The quantitative estimate of drug-likeness (QED) is 0.789. The molecule has 1 fully saturated rings. The van der Waals surface area contributed by atoms with E-state index in [0.29, 0.717) is 18.3 Å². The largest absolute Gasteiger partial charge is 0.341 e. The van der Waals surface area contributed by atoms with E-state index in [9.17, 15) is 4.79 Å². The van der Waals surface area contributed by atoms with Crippen LogP contribution in [0, 0.1) is 0 Å². The van der Waals surface area contributed by atoms with E-state index in [1.807, 2.05) is 10.3 Å². The maximum atomic E-state index is 12.1. The number of hydrogen-bond acceptors (Lipinski definition) is 4. The number of thiazole rings is 1. The van der Waals surface area contributed by atoms with Gasteiger partial charge >= 0.3 is 0 Å². The third kappa shape index (κ3) is 3.22. The molecule has 1 atom stereocenters. The first-order valence-corrected chi connectivity index (χ1v) is 7.45. The van der Waals surface area contributed by atoms with Gasteiger partial charge < -0.3 is 9.80 Å². The number of nitrogens with zero attached hydrogens (tertiary/aromatic N) is 3. The Morgan fingerprint density at radius 3 is 3.00 bits per heavy atom. The van der Waals surface area contributed by atoms with Crippen LogP contribution in [0.15, 0.2) is 5.38 Å². The van der Waals surface area contributed by atoms with E-state index < -0.39 is 0 Å².